The predicted molar refractivity (Wildman–Crippen MR) is 44.0 cm³/mol. The number of nitrogens with one attached hydrogen (secondary N) is 1. The van der Waals surface area contributed by atoms with Gasteiger partial charge in [0.25, 0.3) is 0 Å². The Kier molecular flexibility index (Phi) is 2.48. The Morgan fingerprint density at radius 1 is 1.77 bits per heavy atom. The SMILES string of the molecule is Cn1ncnc1NS(=O)(=O)CC#N. The van der Waals surface area contributed by atoms with Gasteiger partial charge in [0, 0.05) is 7.05 Å². The summed E-state index contributed by atoms with van der Waals surface area (Å²) in [6, 6.07) is 1.53. The minimum atomic E-state index is -3.61. The lowest BCUT2D eigenvalue weighted by atomic mass is 10.9. The summed E-state index contributed by atoms with van der Waals surface area (Å²) in [5.74, 6) is -0.505. The molecule has 0 fully saturated rings. The maximum absolute atomic E-state index is 11.0. The van der Waals surface area contributed by atoms with Gasteiger partial charge in [-0.25, -0.2) is 13.1 Å². The van der Waals surface area contributed by atoms with Gasteiger partial charge in [-0.3, -0.25) is 4.72 Å². The van der Waals surface area contributed by atoms with Gasteiger partial charge in [0.15, 0.2) is 5.75 Å². The van der Waals surface area contributed by atoms with Gasteiger partial charge in [-0.2, -0.15) is 15.3 Å². The zero-order chi connectivity index (χ0) is 9.90. The van der Waals surface area contributed by atoms with Crippen molar-refractivity contribution in [3.63, 3.8) is 0 Å². The van der Waals surface area contributed by atoms with E-state index in [4.69, 9.17) is 5.26 Å². The third kappa shape index (κ3) is 2.41. The first-order chi connectivity index (χ1) is 6.05. The minimum Gasteiger partial charge on any atom is -0.251 e. The quantitative estimate of drug-likeness (QED) is 0.681. The summed E-state index contributed by atoms with van der Waals surface area (Å²) in [6.45, 7) is 0. The van der Waals surface area contributed by atoms with Crippen LogP contribution in [-0.4, -0.2) is 28.9 Å². The summed E-state index contributed by atoms with van der Waals surface area (Å²) >= 11 is 0. The fraction of sp³-hybridized carbons (Fsp3) is 0.400. The van der Waals surface area contributed by atoms with Crippen molar-refractivity contribution < 1.29 is 8.42 Å². The van der Waals surface area contributed by atoms with Crippen molar-refractivity contribution in [3.05, 3.63) is 6.33 Å². The van der Waals surface area contributed by atoms with Crippen LogP contribution in [0.15, 0.2) is 6.33 Å². The van der Waals surface area contributed by atoms with Gasteiger partial charge in [-0.05, 0) is 0 Å². The molecule has 8 heteroatoms. The molecule has 1 N–H and O–H groups in total. The number of anilines is 1. The normalized spacial score (nSPS) is 10.8. The van der Waals surface area contributed by atoms with Crippen LogP contribution in [0.4, 0.5) is 5.95 Å². The van der Waals surface area contributed by atoms with Gasteiger partial charge >= 0.3 is 0 Å². The van der Waals surface area contributed by atoms with E-state index in [1.54, 1.807) is 0 Å². The lowest BCUT2D eigenvalue weighted by Gasteiger charge is -2.01. The Morgan fingerprint density at radius 3 is 2.92 bits per heavy atom. The Balaban J connectivity index is 2.82. The number of aromatic nitrogens is 3. The second kappa shape index (κ2) is 3.40. The molecule has 0 bridgehead atoms. The molecule has 0 saturated heterocycles. The highest BCUT2D eigenvalue weighted by atomic mass is 32.2. The lowest BCUT2D eigenvalue weighted by Crippen LogP contribution is -2.18. The number of hydrogen-bond acceptors (Lipinski definition) is 5. The largest absolute Gasteiger partial charge is 0.251 e. The highest BCUT2D eigenvalue weighted by molar-refractivity contribution is 7.92. The van der Waals surface area contributed by atoms with E-state index >= 15 is 0 Å². The van der Waals surface area contributed by atoms with Crippen molar-refractivity contribution in [2.75, 3.05) is 10.5 Å². The number of rotatable bonds is 3. The summed E-state index contributed by atoms with van der Waals surface area (Å²) in [6.07, 6.45) is 1.21. The lowest BCUT2D eigenvalue weighted by molar-refractivity contribution is 0.603. The van der Waals surface area contributed by atoms with E-state index in [9.17, 15) is 8.42 Å². The second-order valence-electron chi connectivity index (χ2n) is 2.23. The van der Waals surface area contributed by atoms with E-state index in [1.807, 2.05) is 0 Å². The molecule has 0 aliphatic rings. The molecule has 1 heterocycles. The molecule has 1 aromatic heterocycles. The first-order valence-corrected chi connectivity index (χ1v) is 4.92. The molecular formula is C5H7N5O2S. The first kappa shape index (κ1) is 9.47. The molecule has 0 atom stereocenters. The fourth-order valence-corrected chi connectivity index (χ4v) is 1.35. The van der Waals surface area contributed by atoms with Crippen molar-refractivity contribution >= 4 is 16.0 Å². The van der Waals surface area contributed by atoms with Gasteiger partial charge in [-0.1, -0.05) is 0 Å². The predicted octanol–water partition coefficient (Wildman–Crippen LogP) is -0.920. The van der Waals surface area contributed by atoms with Gasteiger partial charge in [0.05, 0.1) is 6.07 Å². The molecule has 0 saturated carbocycles. The fourth-order valence-electron chi connectivity index (χ4n) is 0.649. The summed E-state index contributed by atoms with van der Waals surface area (Å²) < 4.78 is 25.4. The van der Waals surface area contributed by atoms with Crippen LogP contribution in [0.3, 0.4) is 0 Å². The maximum Gasteiger partial charge on any atom is 0.248 e. The third-order valence-corrected chi connectivity index (χ3v) is 2.22. The van der Waals surface area contributed by atoms with Crippen LogP contribution in [0.25, 0.3) is 0 Å². The number of hydrogen-bond donors (Lipinski definition) is 1. The van der Waals surface area contributed by atoms with Crippen LogP contribution in [0.1, 0.15) is 0 Å². The Bertz CT molecular complexity index is 428. The van der Waals surface area contributed by atoms with Gasteiger partial charge in [-0.15, -0.1) is 0 Å². The zero-order valence-corrected chi connectivity index (χ0v) is 7.61. The van der Waals surface area contributed by atoms with E-state index in [1.165, 1.54) is 24.1 Å². The Hall–Kier alpha value is -1.62. The summed E-state index contributed by atoms with van der Waals surface area (Å²) in [5, 5.41) is 11.8. The van der Waals surface area contributed by atoms with Crippen molar-refractivity contribution in [2.45, 2.75) is 0 Å². The van der Waals surface area contributed by atoms with Crippen LogP contribution in [0.2, 0.25) is 0 Å². The average Bonchev–Trinajstić information content (AvgIpc) is 2.35. The number of nitrogens with zero attached hydrogens (tertiary/aromatic N) is 4. The molecule has 0 aromatic carbocycles. The van der Waals surface area contributed by atoms with Crippen molar-refractivity contribution in [2.24, 2.45) is 7.05 Å². The summed E-state index contributed by atoms with van der Waals surface area (Å²) in [5.41, 5.74) is 0. The van der Waals surface area contributed by atoms with E-state index in [0.29, 0.717) is 0 Å². The molecule has 0 unspecified atom stereocenters. The highest BCUT2D eigenvalue weighted by Gasteiger charge is 2.12. The molecule has 70 valence electrons. The Labute approximate surface area is 75.1 Å². The molecule has 0 aliphatic carbocycles. The van der Waals surface area contributed by atoms with Crippen molar-refractivity contribution in [1.29, 1.82) is 5.26 Å². The number of aryl methyl sites for hydroxylation is 1. The van der Waals surface area contributed by atoms with Crippen LogP contribution >= 0.6 is 0 Å². The van der Waals surface area contributed by atoms with Gasteiger partial charge in [0.1, 0.15) is 6.33 Å². The summed E-state index contributed by atoms with van der Waals surface area (Å²) in [7, 11) is -2.07. The molecule has 1 aromatic rings. The second-order valence-corrected chi connectivity index (χ2v) is 3.95. The van der Waals surface area contributed by atoms with Gasteiger partial charge < -0.3 is 0 Å². The first-order valence-electron chi connectivity index (χ1n) is 3.26. The number of sulfonamides is 1. The van der Waals surface area contributed by atoms with Gasteiger partial charge in [0.2, 0.25) is 16.0 Å². The van der Waals surface area contributed by atoms with E-state index in [2.05, 4.69) is 14.8 Å². The molecule has 7 nitrogen and oxygen atoms in total. The minimum absolute atomic E-state index is 0.0928. The Morgan fingerprint density at radius 2 is 2.46 bits per heavy atom. The molecule has 0 spiro atoms. The molecule has 13 heavy (non-hydrogen) atoms. The third-order valence-electron chi connectivity index (χ3n) is 1.21. The highest BCUT2D eigenvalue weighted by Crippen LogP contribution is 2.01. The molecule has 0 amide bonds. The molecular weight excluding hydrogens is 194 g/mol. The topological polar surface area (TPSA) is 101 Å². The summed E-state index contributed by atoms with van der Waals surface area (Å²) in [4.78, 5) is 3.64. The smallest absolute Gasteiger partial charge is 0.248 e. The maximum atomic E-state index is 11.0. The molecule has 0 radical (unpaired) electrons. The molecule has 0 aliphatic heterocycles. The van der Waals surface area contributed by atoms with E-state index in [0.717, 1.165) is 0 Å². The van der Waals surface area contributed by atoms with Crippen molar-refractivity contribution in [1.82, 2.24) is 14.8 Å². The number of nitriles is 1. The average molecular weight is 201 g/mol. The molecule has 1 rings (SSSR count). The van der Waals surface area contributed by atoms with Crippen LogP contribution in [0, 0.1) is 11.3 Å². The van der Waals surface area contributed by atoms with E-state index < -0.39 is 15.8 Å². The monoisotopic (exact) mass is 201 g/mol. The van der Waals surface area contributed by atoms with Crippen LogP contribution in [0.5, 0.6) is 0 Å². The van der Waals surface area contributed by atoms with Crippen molar-refractivity contribution in [3.8, 4) is 6.07 Å². The standard InChI is InChI=1S/C5H7N5O2S/c1-10-5(7-4-8-10)9-13(11,12)3-2-6/h4H,3H2,1H3,(H,7,8,9). The van der Waals surface area contributed by atoms with Crippen LogP contribution < -0.4 is 4.72 Å². The van der Waals surface area contributed by atoms with Crippen LogP contribution in [-0.2, 0) is 17.1 Å². The van der Waals surface area contributed by atoms with E-state index in [-0.39, 0.29) is 5.95 Å². The zero-order valence-electron chi connectivity index (χ0n) is 6.80.